The first-order valence-electron chi connectivity index (χ1n) is 5.18. The molecular weight excluding hydrogens is 166 g/mol. The van der Waals surface area contributed by atoms with Crippen molar-refractivity contribution in [2.45, 2.75) is 52.1 Å². The van der Waals surface area contributed by atoms with Crippen LogP contribution in [0.2, 0.25) is 0 Å². The summed E-state index contributed by atoms with van der Waals surface area (Å²) in [5.41, 5.74) is 0. The Morgan fingerprint density at radius 3 is 2.54 bits per heavy atom. The molecule has 0 saturated carbocycles. The predicted molar refractivity (Wildman–Crippen MR) is 53.7 cm³/mol. The Hall–Kier alpha value is -0.120. The summed E-state index contributed by atoms with van der Waals surface area (Å²) in [5.74, 6) is 0. The quantitative estimate of drug-likeness (QED) is 0.362. The van der Waals surface area contributed by atoms with E-state index in [1.807, 2.05) is 0 Å². The van der Waals surface area contributed by atoms with Crippen LogP contribution in [0.25, 0.3) is 0 Å². The van der Waals surface area contributed by atoms with Crippen molar-refractivity contribution in [2.75, 3.05) is 13.8 Å². The van der Waals surface area contributed by atoms with Gasteiger partial charge in [0.1, 0.15) is 6.73 Å². The van der Waals surface area contributed by atoms with Gasteiger partial charge in [-0.3, -0.25) is 0 Å². The molecule has 0 amide bonds. The van der Waals surface area contributed by atoms with Crippen molar-refractivity contribution >= 4 is 0 Å². The molecule has 0 radical (unpaired) electrons. The number of hydrogen-bond acceptors (Lipinski definition) is 3. The summed E-state index contributed by atoms with van der Waals surface area (Å²) in [6.45, 7) is 4.56. The molecule has 0 aliphatic rings. The second-order valence-corrected chi connectivity index (χ2v) is 3.61. The van der Waals surface area contributed by atoms with Crippen LogP contribution in [0.15, 0.2) is 0 Å². The summed E-state index contributed by atoms with van der Waals surface area (Å²) in [4.78, 5) is 0. The van der Waals surface area contributed by atoms with Gasteiger partial charge in [0, 0.05) is 7.05 Å². The minimum absolute atomic E-state index is 0.256. The minimum Gasteiger partial charge on any atom is -0.361 e. The van der Waals surface area contributed by atoms with Crippen LogP contribution in [-0.4, -0.2) is 30.2 Å². The number of rotatable bonds is 8. The molecule has 3 nitrogen and oxygen atoms in total. The topological polar surface area (TPSA) is 32.7 Å². The largest absolute Gasteiger partial charge is 0.361 e. The van der Waals surface area contributed by atoms with Crippen molar-refractivity contribution < 1.29 is 9.94 Å². The highest BCUT2D eigenvalue weighted by Crippen LogP contribution is 2.07. The monoisotopic (exact) mass is 189 g/mol. The first-order chi connectivity index (χ1) is 6.16. The zero-order valence-corrected chi connectivity index (χ0v) is 9.12. The number of ether oxygens (including phenoxy) is 1. The summed E-state index contributed by atoms with van der Waals surface area (Å²) in [6.07, 6.45) is 6.45. The van der Waals surface area contributed by atoms with Gasteiger partial charge in [-0.2, -0.15) is 5.06 Å². The lowest BCUT2D eigenvalue weighted by atomic mass is 10.1. The van der Waals surface area contributed by atoms with Gasteiger partial charge in [-0.1, -0.05) is 32.6 Å². The Bertz CT molecular complexity index is 107. The maximum absolute atomic E-state index is 8.82. The molecule has 0 spiro atoms. The molecule has 0 heterocycles. The third-order valence-electron chi connectivity index (χ3n) is 2.01. The van der Waals surface area contributed by atoms with Crippen LogP contribution in [-0.2, 0) is 4.74 Å². The second-order valence-electron chi connectivity index (χ2n) is 3.61. The van der Waals surface area contributed by atoms with Crippen molar-refractivity contribution in [2.24, 2.45) is 0 Å². The molecule has 80 valence electrons. The molecule has 0 aromatic heterocycles. The van der Waals surface area contributed by atoms with E-state index in [1.165, 1.54) is 25.7 Å². The smallest absolute Gasteiger partial charge is 0.122 e. The van der Waals surface area contributed by atoms with Crippen LogP contribution in [0.4, 0.5) is 0 Å². The van der Waals surface area contributed by atoms with Gasteiger partial charge in [0.15, 0.2) is 0 Å². The molecule has 0 bridgehead atoms. The van der Waals surface area contributed by atoms with Gasteiger partial charge in [0.25, 0.3) is 0 Å². The van der Waals surface area contributed by atoms with Crippen LogP contribution < -0.4 is 0 Å². The summed E-state index contributed by atoms with van der Waals surface area (Å²) < 4.78 is 5.36. The number of nitrogens with zero attached hydrogens (tertiary/aromatic N) is 1. The van der Waals surface area contributed by atoms with E-state index in [-0.39, 0.29) is 6.10 Å². The standard InChI is InChI=1S/C10H23NO2/c1-4-5-6-7-8-10(2)13-9-11(3)12/h10,12H,4-9H2,1-3H3. The molecule has 1 N–H and O–H groups in total. The molecule has 13 heavy (non-hydrogen) atoms. The molecule has 3 heteroatoms. The first-order valence-corrected chi connectivity index (χ1v) is 5.18. The van der Waals surface area contributed by atoms with Crippen LogP contribution in [0.3, 0.4) is 0 Å². The van der Waals surface area contributed by atoms with Gasteiger partial charge in [0.2, 0.25) is 0 Å². The van der Waals surface area contributed by atoms with Crippen molar-refractivity contribution in [3.05, 3.63) is 0 Å². The van der Waals surface area contributed by atoms with Crippen molar-refractivity contribution in [1.29, 1.82) is 0 Å². The summed E-state index contributed by atoms with van der Waals surface area (Å²) in [7, 11) is 1.59. The van der Waals surface area contributed by atoms with E-state index in [0.29, 0.717) is 6.73 Å². The Kier molecular flexibility index (Phi) is 8.40. The molecule has 0 rings (SSSR count). The van der Waals surface area contributed by atoms with Crippen LogP contribution in [0.1, 0.15) is 46.0 Å². The highest BCUT2D eigenvalue weighted by atomic mass is 16.6. The number of hydrogen-bond donors (Lipinski definition) is 1. The lowest BCUT2D eigenvalue weighted by molar-refractivity contribution is -0.155. The number of hydroxylamine groups is 2. The average Bonchev–Trinajstić information content (AvgIpc) is 2.09. The Morgan fingerprint density at radius 1 is 1.31 bits per heavy atom. The molecular formula is C10H23NO2. The van der Waals surface area contributed by atoms with Gasteiger partial charge >= 0.3 is 0 Å². The SMILES string of the molecule is CCCCCCC(C)OCN(C)O. The van der Waals surface area contributed by atoms with E-state index in [9.17, 15) is 0 Å². The van der Waals surface area contributed by atoms with Gasteiger partial charge in [0.05, 0.1) is 6.10 Å². The second kappa shape index (κ2) is 8.48. The zero-order valence-electron chi connectivity index (χ0n) is 9.12. The minimum atomic E-state index is 0.256. The van der Waals surface area contributed by atoms with Gasteiger partial charge in [-0.25, -0.2) is 0 Å². The zero-order chi connectivity index (χ0) is 10.1. The van der Waals surface area contributed by atoms with E-state index in [1.54, 1.807) is 7.05 Å². The number of unbranched alkanes of at least 4 members (excludes halogenated alkanes) is 3. The molecule has 1 atom stereocenters. The third-order valence-corrected chi connectivity index (χ3v) is 2.01. The van der Waals surface area contributed by atoms with Gasteiger partial charge < -0.3 is 9.94 Å². The Balaban J connectivity index is 3.15. The Labute approximate surface area is 81.6 Å². The summed E-state index contributed by atoms with van der Waals surface area (Å²) in [6, 6.07) is 0. The van der Waals surface area contributed by atoms with E-state index in [0.717, 1.165) is 11.5 Å². The maximum atomic E-state index is 8.82. The van der Waals surface area contributed by atoms with Crippen molar-refractivity contribution in [3.8, 4) is 0 Å². The summed E-state index contributed by atoms with van der Waals surface area (Å²) in [5, 5.41) is 9.88. The van der Waals surface area contributed by atoms with Crippen molar-refractivity contribution in [3.63, 3.8) is 0 Å². The fraction of sp³-hybridized carbons (Fsp3) is 1.00. The third kappa shape index (κ3) is 9.80. The molecule has 0 aliphatic carbocycles. The fourth-order valence-corrected chi connectivity index (χ4v) is 1.18. The fourth-order valence-electron chi connectivity index (χ4n) is 1.18. The lowest BCUT2D eigenvalue weighted by Crippen LogP contribution is -2.21. The first kappa shape index (κ1) is 12.9. The highest BCUT2D eigenvalue weighted by molar-refractivity contribution is 4.50. The lowest BCUT2D eigenvalue weighted by Gasteiger charge is -2.15. The maximum Gasteiger partial charge on any atom is 0.122 e. The van der Waals surface area contributed by atoms with Gasteiger partial charge in [-0.15, -0.1) is 0 Å². The van der Waals surface area contributed by atoms with E-state index < -0.39 is 0 Å². The average molecular weight is 189 g/mol. The molecule has 0 aliphatic heterocycles. The molecule has 0 aromatic carbocycles. The molecule has 0 aromatic rings. The molecule has 1 unspecified atom stereocenters. The molecule has 0 saturated heterocycles. The predicted octanol–water partition coefficient (Wildman–Crippen LogP) is 2.64. The van der Waals surface area contributed by atoms with Gasteiger partial charge in [-0.05, 0) is 13.3 Å². The van der Waals surface area contributed by atoms with E-state index >= 15 is 0 Å². The van der Waals surface area contributed by atoms with Crippen LogP contribution in [0.5, 0.6) is 0 Å². The van der Waals surface area contributed by atoms with E-state index in [2.05, 4.69) is 13.8 Å². The van der Waals surface area contributed by atoms with Crippen LogP contribution in [0, 0.1) is 0 Å². The van der Waals surface area contributed by atoms with Crippen LogP contribution >= 0.6 is 0 Å². The molecule has 0 fully saturated rings. The Morgan fingerprint density at radius 2 is 2.00 bits per heavy atom. The van der Waals surface area contributed by atoms with Crippen molar-refractivity contribution in [1.82, 2.24) is 5.06 Å². The highest BCUT2D eigenvalue weighted by Gasteiger charge is 2.02. The van der Waals surface area contributed by atoms with E-state index in [4.69, 9.17) is 9.94 Å². The normalized spacial score (nSPS) is 13.6. The summed E-state index contributed by atoms with van der Waals surface area (Å²) >= 11 is 0.